The van der Waals surface area contributed by atoms with Crippen LogP contribution in [0.1, 0.15) is 59.1 Å². The van der Waals surface area contributed by atoms with Gasteiger partial charge in [-0.1, -0.05) is 171 Å². The van der Waals surface area contributed by atoms with Gasteiger partial charge in [-0.05, 0) is 104 Å². The predicted molar refractivity (Wildman–Crippen MR) is 199 cm³/mol. The summed E-state index contributed by atoms with van der Waals surface area (Å²) in [5.41, 5.74) is 19.9. The maximum atomic E-state index is 2.41. The highest BCUT2D eigenvalue weighted by molar-refractivity contribution is 6.10. The molecule has 0 aromatic heterocycles. The first-order valence-electron chi connectivity index (χ1n) is 17.2. The number of benzene rings is 6. The molecule has 47 heavy (non-hydrogen) atoms. The molecule has 3 aliphatic carbocycles. The Kier molecular flexibility index (Phi) is 6.90. The average Bonchev–Trinajstić information content (AvgIpc) is 3.89. The van der Waals surface area contributed by atoms with Crippen LogP contribution in [0.2, 0.25) is 0 Å². The Bertz CT molecular complexity index is 1980. The van der Waals surface area contributed by atoms with Gasteiger partial charge in [0.15, 0.2) is 0 Å². The molecule has 0 bridgehead atoms. The van der Waals surface area contributed by atoms with E-state index in [-0.39, 0.29) is 5.41 Å². The Labute approximate surface area is 278 Å². The Morgan fingerprint density at radius 1 is 0.319 bits per heavy atom. The van der Waals surface area contributed by atoms with Crippen LogP contribution in [-0.2, 0) is 12.8 Å². The topological polar surface area (TPSA) is 0 Å². The monoisotopic (exact) mass is 602 g/mol. The largest absolute Gasteiger partial charge is 0.0622 e. The van der Waals surface area contributed by atoms with E-state index in [4.69, 9.17) is 0 Å². The van der Waals surface area contributed by atoms with Crippen LogP contribution < -0.4 is 0 Å². The lowest BCUT2D eigenvalue weighted by Gasteiger charge is -2.37. The average molecular weight is 603 g/mol. The van der Waals surface area contributed by atoms with Gasteiger partial charge in [-0.3, -0.25) is 0 Å². The van der Waals surface area contributed by atoms with Crippen molar-refractivity contribution < 1.29 is 0 Å². The van der Waals surface area contributed by atoms with Gasteiger partial charge in [-0.25, -0.2) is 0 Å². The van der Waals surface area contributed by atoms with Crippen molar-refractivity contribution in [2.24, 2.45) is 5.41 Å². The minimum Gasteiger partial charge on any atom is -0.0622 e. The number of hydrogen-bond donors (Lipinski definition) is 0. The van der Waals surface area contributed by atoms with Crippen LogP contribution in [0.15, 0.2) is 158 Å². The predicted octanol–water partition coefficient (Wildman–Crippen LogP) is 12.2. The molecule has 6 aromatic carbocycles. The molecular formula is C47H38. The van der Waals surface area contributed by atoms with Gasteiger partial charge >= 0.3 is 0 Å². The summed E-state index contributed by atoms with van der Waals surface area (Å²) < 4.78 is 0. The van der Waals surface area contributed by atoms with Gasteiger partial charge in [0.1, 0.15) is 0 Å². The van der Waals surface area contributed by atoms with Crippen molar-refractivity contribution in [2.75, 3.05) is 0 Å². The second-order valence-corrected chi connectivity index (χ2v) is 13.6. The van der Waals surface area contributed by atoms with E-state index >= 15 is 0 Å². The van der Waals surface area contributed by atoms with Crippen LogP contribution in [0.4, 0.5) is 0 Å². The summed E-state index contributed by atoms with van der Waals surface area (Å²) in [5, 5.41) is 0. The molecule has 0 heterocycles. The fourth-order valence-electron chi connectivity index (χ4n) is 8.90. The van der Waals surface area contributed by atoms with Crippen molar-refractivity contribution in [2.45, 2.75) is 38.5 Å². The van der Waals surface area contributed by atoms with Crippen molar-refractivity contribution in [1.82, 2.24) is 0 Å². The molecule has 0 aliphatic heterocycles. The maximum Gasteiger partial charge on any atom is 0.0221 e. The fraction of sp³-hybridized carbons (Fsp3) is 0.149. The quantitative estimate of drug-likeness (QED) is 0.178. The van der Waals surface area contributed by atoms with Gasteiger partial charge < -0.3 is 0 Å². The first-order valence-corrected chi connectivity index (χ1v) is 17.2. The van der Waals surface area contributed by atoms with Crippen molar-refractivity contribution in [3.8, 4) is 22.3 Å². The summed E-state index contributed by atoms with van der Waals surface area (Å²) in [6.45, 7) is 0. The number of allylic oxidation sites excluding steroid dienone is 4. The van der Waals surface area contributed by atoms with Gasteiger partial charge in [0.25, 0.3) is 0 Å². The number of hydrogen-bond acceptors (Lipinski definition) is 0. The van der Waals surface area contributed by atoms with Gasteiger partial charge in [-0.2, -0.15) is 0 Å². The number of rotatable bonds is 6. The Morgan fingerprint density at radius 3 is 1.09 bits per heavy atom. The second-order valence-electron chi connectivity index (χ2n) is 13.6. The maximum absolute atomic E-state index is 2.41. The van der Waals surface area contributed by atoms with E-state index in [0.717, 1.165) is 12.8 Å². The smallest absolute Gasteiger partial charge is 0.0221 e. The molecule has 3 aliphatic rings. The highest BCUT2D eigenvalue weighted by Gasteiger charge is 2.48. The summed E-state index contributed by atoms with van der Waals surface area (Å²) in [5.74, 6) is 0. The molecule has 0 amide bonds. The summed E-state index contributed by atoms with van der Waals surface area (Å²) in [4.78, 5) is 0. The molecule has 1 saturated carbocycles. The fourth-order valence-corrected chi connectivity index (χ4v) is 8.90. The third-order valence-corrected chi connectivity index (χ3v) is 11.0. The van der Waals surface area contributed by atoms with Crippen molar-refractivity contribution in [3.63, 3.8) is 0 Å². The molecule has 6 aromatic rings. The van der Waals surface area contributed by atoms with E-state index in [1.807, 2.05) is 0 Å². The molecule has 0 atom stereocenters. The molecule has 0 unspecified atom stereocenters. The zero-order valence-corrected chi connectivity index (χ0v) is 26.8. The van der Waals surface area contributed by atoms with E-state index in [2.05, 4.69) is 158 Å². The normalized spacial score (nSPS) is 16.4. The van der Waals surface area contributed by atoms with Crippen molar-refractivity contribution >= 4 is 22.3 Å². The van der Waals surface area contributed by atoms with Crippen LogP contribution in [0.25, 0.3) is 44.5 Å². The first-order chi connectivity index (χ1) is 23.3. The molecule has 1 fully saturated rings. The highest BCUT2D eigenvalue weighted by atomic mass is 14.5. The molecule has 0 spiro atoms. The summed E-state index contributed by atoms with van der Waals surface area (Å²) in [6.07, 6.45) is 6.90. The van der Waals surface area contributed by atoms with Gasteiger partial charge in [0.05, 0.1) is 0 Å². The molecule has 0 nitrogen and oxygen atoms in total. The summed E-state index contributed by atoms with van der Waals surface area (Å²) in [6, 6.07) is 58.8. The standard InChI is InChI=1S/C47H38/c1-3-13-33(14-4-1)35-21-25-37(26-22-35)43-31-39-17-7-9-19-41(39)45(43)47(29-11-12-30-47)46-42-20-10-8-18-40(42)32-44(46)38-27-23-36(24-28-38)34-15-5-2-6-16-34/h1-10,13-28H,11-12,29-32H2. The first kappa shape index (κ1) is 28.1. The van der Waals surface area contributed by atoms with Crippen LogP contribution in [0.3, 0.4) is 0 Å². The molecule has 226 valence electrons. The lowest BCUT2D eigenvalue weighted by atomic mass is 9.66. The summed E-state index contributed by atoms with van der Waals surface area (Å²) in [7, 11) is 0. The molecule has 0 N–H and O–H groups in total. The Morgan fingerprint density at radius 2 is 0.660 bits per heavy atom. The zero-order chi connectivity index (χ0) is 31.2. The number of fused-ring (bicyclic) bond motifs is 2. The molecule has 9 rings (SSSR count). The third kappa shape index (κ3) is 4.74. The molecule has 0 radical (unpaired) electrons. The molecule has 0 saturated heterocycles. The van der Waals surface area contributed by atoms with E-state index in [0.29, 0.717) is 0 Å². The third-order valence-electron chi connectivity index (χ3n) is 11.0. The molecular weight excluding hydrogens is 565 g/mol. The minimum absolute atomic E-state index is 0.0277. The second kappa shape index (κ2) is 11.6. The lowest BCUT2D eigenvalue weighted by Crippen LogP contribution is -2.21. The zero-order valence-electron chi connectivity index (χ0n) is 26.8. The molecule has 0 heteroatoms. The van der Waals surface area contributed by atoms with Crippen LogP contribution in [-0.4, -0.2) is 0 Å². The Balaban J connectivity index is 1.24. The van der Waals surface area contributed by atoms with Crippen LogP contribution >= 0.6 is 0 Å². The minimum atomic E-state index is -0.0277. The van der Waals surface area contributed by atoms with Gasteiger partial charge in [0.2, 0.25) is 0 Å². The van der Waals surface area contributed by atoms with E-state index in [9.17, 15) is 0 Å². The van der Waals surface area contributed by atoms with Crippen molar-refractivity contribution in [3.05, 3.63) is 191 Å². The van der Waals surface area contributed by atoms with E-state index in [1.54, 1.807) is 11.1 Å². The highest BCUT2D eigenvalue weighted by Crippen LogP contribution is 2.64. The SMILES string of the molecule is c1ccc(-c2ccc(C3=C(C4(C5=C(c6ccc(-c7ccccc7)cc6)Cc6ccccc65)CCCC4)c4ccccc4C3)cc2)cc1. The van der Waals surface area contributed by atoms with Crippen molar-refractivity contribution in [1.29, 1.82) is 0 Å². The lowest BCUT2D eigenvalue weighted by molar-refractivity contribution is 0.559. The van der Waals surface area contributed by atoms with Gasteiger partial charge in [0, 0.05) is 5.41 Å². The van der Waals surface area contributed by atoms with Gasteiger partial charge in [-0.15, -0.1) is 0 Å². The van der Waals surface area contributed by atoms with Crippen LogP contribution in [0, 0.1) is 5.41 Å². The Hall–Kier alpha value is -5.20. The van der Waals surface area contributed by atoms with Crippen LogP contribution in [0.5, 0.6) is 0 Å². The summed E-state index contributed by atoms with van der Waals surface area (Å²) >= 11 is 0. The van der Waals surface area contributed by atoms with E-state index in [1.165, 1.54) is 92.5 Å². The van der Waals surface area contributed by atoms with E-state index < -0.39 is 0 Å².